The van der Waals surface area contributed by atoms with E-state index >= 15 is 0 Å². The molecule has 1 fully saturated rings. The van der Waals surface area contributed by atoms with Crippen LogP contribution in [0.5, 0.6) is 0 Å². The predicted molar refractivity (Wildman–Crippen MR) is 55.5 cm³/mol. The molecule has 4 nitrogen and oxygen atoms in total. The summed E-state index contributed by atoms with van der Waals surface area (Å²) in [5.74, 6) is 0. The van der Waals surface area contributed by atoms with E-state index < -0.39 is 0 Å². The zero-order chi connectivity index (χ0) is 10.8. The molecular formula is C11H19NO3. The van der Waals surface area contributed by atoms with Gasteiger partial charge in [-0.3, -0.25) is 0 Å². The van der Waals surface area contributed by atoms with Gasteiger partial charge in [0.15, 0.2) is 0 Å². The van der Waals surface area contributed by atoms with Crippen LogP contribution < -0.4 is 0 Å². The van der Waals surface area contributed by atoms with Gasteiger partial charge in [0.2, 0.25) is 0 Å². The first kappa shape index (κ1) is 12.4. The van der Waals surface area contributed by atoms with Gasteiger partial charge >= 0.3 is 0 Å². The molecule has 0 aromatic carbocycles. The Kier molecular flexibility index (Phi) is 7.18. The van der Waals surface area contributed by atoms with Crippen LogP contribution in [0.4, 0.5) is 0 Å². The Morgan fingerprint density at radius 2 is 2.07 bits per heavy atom. The van der Waals surface area contributed by atoms with Gasteiger partial charge in [0.25, 0.3) is 0 Å². The topological polar surface area (TPSA) is 51.5 Å². The molecule has 0 amide bonds. The highest BCUT2D eigenvalue weighted by molar-refractivity contribution is 4.67. The van der Waals surface area contributed by atoms with Crippen LogP contribution in [0.2, 0.25) is 0 Å². The van der Waals surface area contributed by atoms with Crippen LogP contribution in [0.15, 0.2) is 0 Å². The van der Waals surface area contributed by atoms with Gasteiger partial charge in [-0.1, -0.05) is 0 Å². The molecule has 0 aromatic heterocycles. The lowest BCUT2D eigenvalue weighted by molar-refractivity contribution is -0.0504. The summed E-state index contributed by atoms with van der Waals surface area (Å²) in [6.45, 7) is 3.19. The van der Waals surface area contributed by atoms with E-state index in [4.69, 9.17) is 19.5 Å². The first-order valence-corrected chi connectivity index (χ1v) is 5.57. The van der Waals surface area contributed by atoms with Gasteiger partial charge in [-0.2, -0.15) is 5.26 Å². The zero-order valence-corrected chi connectivity index (χ0v) is 9.11. The lowest BCUT2D eigenvalue weighted by atomic mass is 10.1. The number of nitrogens with zero attached hydrogens (tertiary/aromatic N) is 1. The highest BCUT2D eigenvalue weighted by atomic mass is 16.5. The van der Waals surface area contributed by atoms with E-state index in [-0.39, 0.29) is 6.10 Å². The molecule has 1 aliphatic rings. The standard InChI is InChI=1S/C11H19NO3/c12-5-3-6-13-8-9-14-10-11-4-1-2-7-15-11/h11H,1-4,6-10H2. The van der Waals surface area contributed by atoms with Crippen molar-refractivity contribution in [1.82, 2.24) is 0 Å². The number of ether oxygens (including phenoxy) is 3. The third-order valence-electron chi connectivity index (χ3n) is 2.31. The predicted octanol–water partition coefficient (Wildman–Crippen LogP) is 1.50. The summed E-state index contributed by atoms with van der Waals surface area (Å²) < 4.78 is 16.1. The normalized spacial score (nSPS) is 21.1. The molecule has 0 bridgehead atoms. The van der Waals surface area contributed by atoms with Crippen molar-refractivity contribution in [3.8, 4) is 6.07 Å². The monoisotopic (exact) mass is 213 g/mol. The second kappa shape index (κ2) is 8.66. The van der Waals surface area contributed by atoms with Gasteiger partial charge in [-0.25, -0.2) is 0 Å². The van der Waals surface area contributed by atoms with E-state index in [1.54, 1.807) is 0 Å². The molecule has 1 aliphatic heterocycles. The molecule has 1 heterocycles. The molecule has 0 radical (unpaired) electrons. The molecule has 0 spiro atoms. The lowest BCUT2D eigenvalue weighted by Crippen LogP contribution is -2.25. The van der Waals surface area contributed by atoms with Crippen molar-refractivity contribution in [2.75, 3.05) is 33.0 Å². The minimum atomic E-state index is 0.276. The molecule has 4 heteroatoms. The fourth-order valence-electron chi connectivity index (χ4n) is 1.49. The molecule has 1 unspecified atom stereocenters. The van der Waals surface area contributed by atoms with Crippen molar-refractivity contribution in [2.45, 2.75) is 31.8 Å². The van der Waals surface area contributed by atoms with Crippen molar-refractivity contribution in [3.05, 3.63) is 0 Å². The average molecular weight is 213 g/mol. The zero-order valence-electron chi connectivity index (χ0n) is 9.11. The number of nitriles is 1. The maximum atomic E-state index is 8.26. The van der Waals surface area contributed by atoms with E-state index in [9.17, 15) is 0 Å². The van der Waals surface area contributed by atoms with Crippen LogP contribution in [0.3, 0.4) is 0 Å². The lowest BCUT2D eigenvalue weighted by Gasteiger charge is -2.22. The molecule has 0 aliphatic carbocycles. The van der Waals surface area contributed by atoms with Crippen molar-refractivity contribution >= 4 is 0 Å². The van der Waals surface area contributed by atoms with Gasteiger partial charge in [-0.05, 0) is 19.3 Å². The fourth-order valence-corrected chi connectivity index (χ4v) is 1.49. The van der Waals surface area contributed by atoms with E-state index in [1.165, 1.54) is 12.8 Å². The third-order valence-corrected chi connectivity index (χ3v) is 2.31. The van der Waals surface area contributed by atoms with E-state index in [2.05, 4.69) is 0 Å². The van der Waals surface area contributed by atoms with Crippen LogP contribution in [0, 0.1) is 11.3 Å². The quantitative estimate of drug-likeness (QED) is 0.601. The fraction of sp³-hybridized carbons (Fsp3) is 0.909. The van der Waals surface area contributed by atoms with Crippen LogP contribution in [-0.4, -0.2) is 39.1 Å². The van der Waals surface area contributed by atoms with Crippen molar-refractivity contribution in [2.24, 2.45) is 0 Å². The molecule has 1 saturated heterocycles. The van der Waals surface area contributed by atoms with E-state index in [0.29, 0.717) is 32.8 Å². The molecule has 0 saturated carbocycles. The summed E-state index contributed by atoms with van der Waals surface area (Å²) in [6, 6.07) is 2.02. The first-order chi connectivity index (χ1) is 7.43. The maximum Gasteiger partial charge on any atom is 0.0808 e. The Balaban J connectivity index is 1.82. The van der Waals surface area contributed by atoms with Crippen molar-refractivity contribution in [1.29, 1.82) is 5.26 Å². The Morgan fingerprint density at radius 1 is 1.20 bits per heavy atom. The number of hydrogen-bond donors (Lipinski definition) is 0. The first-order valence-electron chi connectivity index (χ1n) is 5.57. The van der Waals surface area contributed by atoms with Gasteiger partial charge < -0.3 is 14.2 Å². The van der Waals surface area contributed by atoms with Crippen LogP contribution in [0.1, 0.15) is 25.7 Å². The molecular weight excluding hydrogens is 194 g/mol. The Morgan fingerprint density at radius 3 is 2.80 bits per heavy atom. The molecule has 0 aromatic rings. The van der Waals surface area contributed by atoms with E-state index in [0.717, 1.165) is 13.0 Å². The van der Waals surface area contributed by atoms with Crippen LogP contribution >= 0.6 is 0 Å². The highest BCUT2D eigenvalue weighted by Gasteiger charge is 2.13. The van der Waals surface area contributed by atoms with Gasteiger partial charge in [-0.15, -0.1) is 0 Å². The molecule has 1 atom stereocenters. The molecule has 1 rings (SSSR count). The maximum absolute atomic E-state index is 8.26. The molecule has 0 N–H and O–H groups in total. The summed E-state index contributed by atoms with van der Waals surface area (Å²) in [7, 11) is 0. The molecule has 15 heavy (non-hydrogen) atoms. The number of hydrogen-bond acceptors (Lipinski definition) is 4. The smallest absolute Gasteiger partial charge is 0.0808 e. The minimum absolute atomic E-state index is 0.276. The Hall–Kier alpha value is -0.630. The van der Waals surface area contributed by atoms with Gasteiger partial charge in [0, 0.05) is 6.61 Å². The summed E-state index contributed by atoms with van der Waals surface area (Å²) >= 11 is 0. The Bertz CT molecular complexity index is 185. The SMILES string of the molecule is N#CCCOCCOCC1CCCCO1. The second-order valence-electron chi connectivity index (χ2n) is 3.58. The summed E-state index contributed by atoms with van der Waals surface area (Å²) in [5, 5.41) is 8.26. The Labute approximate surface area is 91.1 Å². The largest absolute Gasteiger partial charge is 0.378 e. The van der Waals surface area contributed by atoms with Gasteiger partial charge in [0.05, 0.1) is 45.0 Å². The summed E-state index contributed by atoms with van der Waals surface area (Å²) in [4.78, 5) is 0. The highest BCUT2D eigenvalue weighted by Crippen LogP contribution is 2.12. The third kappa shape index (κ3) is 6.45. The van der Waals surface area contributed by atoms with Crippen molar-refractivity contribution < 1.29 is 14.2 Å². The second-order valence-corrected chi connectivity index (χ2v) is 3.58. The van der Waals surface area contributed by atoms with Crippen molar-refractivity contribution in [3.63, 3.8) is 0 Å². The van der Waals surface area contributed by atoms with Crippen LogP contribution in [0.25, 0.3) is 0 Å². The van der Waals surface area contributed by atoms with Crippen LogP contribution in [-0.2, 0) is 14.2 Å². The molecule has 86 valence electrons. The van der Waals surface area contributed by atoms with E-state index in [1.807, 2.05) is 6.07 Å². The number of rotatable bonds is 7. The average Bonchev–Trinajstić information content (AvgIpc) is 2.29. The van der Waals surface area contributed by atoms with Gasteiger partial charge in [0.1, 0.15) is 0 Å². The summed E-state index contributed by atoms with van der Waals surface area (Å²) in [6.07, 6.45) is 4.25. The minimum Gasteiger partial charge on any atom is -0.378 e. The summed E-state index contributed by atoms with van der Waals surface area (Å²) in [5.41, 5.74) is 0.